The number of hydrogen-bond donors (Lipinski definition) is 0. The third-order valence-electron chi connectivity index (χ3n) is 1.93. The average molecular weight is 192 g/mol. The highest BCUT2D eigenvalue weighted by Crippen LogP contribution is 2.20. The standard InChI is InChI=1S/C11H13FN2/c1-4-8-13-14(3)11-7-5-6-10(12)9(11)2/h4-8H,1H2,2-3H3/b13-8+. The van der Waals surface area contributed by atoms with Crippen molar-refractivity contribution in [1.29, 1.82) is 0 Å². The number of benzene rings is 1. The van der Waals surface area contributed by atoms with Crippen molar-refractivity contribution in [3.05, 3.63) is 42.2 Å². The summed E-state index contributed by atoms with van der Waals surface area (Å²) in [5.41, 5.74) is 1.35. The fraction of sp³-hybridized carbons (Fsp3) is 0.182. The van der Waals surface area contributed by atoms with Crippen molar-refractivity contribution in [2.45, 2.75) is 6.92 Å². The number of halogens is 1. The fourth-order valence-corrected chi connectivity index (χ4v) is 1.16. The molecule has 74 valence electrons. The maximum atomic E-state index is 13.2. The Balaban J connectivity index is 3.00. The molecule has 1 aromatic carbocycles. The van der Waals surface area contributed by atoms with E-state index in [2.05, 4.69) is 11.7 Å². The topological polar surface area (TPSA) is 15.6 Å². The minimum atomic E-state index is -0.219. The molecule has 0 fully saturated rings. The Morgan fingerprint density at radius 1 is 1.50 bits per heavy atom. The Morgan fingerprint density at radius 2 is 2.21 bits per heavy atom. The van der Waals surface area contributed by atoms with Crippen molar-refractivity contribution >= 4 is 11.9 Å². The summed E-state index contributed by atoms with van der Waals surface area (Å²) in [5.74, 6) is -0.219. The fourth-order valence-electron chi connectivity index (χ4n) is 1.16. The second kappa shape index (κ2) is 4.56. The first-order valence-electron chi connectivity index (χ1n) is 4.30. The van der Waals surface area contributed by atoms with E-state index in [1.54, 1.807) is 37.3 Å². The van der Waals surface area contributed by atoms with Gasteiger partial charge in [-0.05, 0) is 25.1 Å². The van der Waals surface area contributed by atoms with Gasteiger partial charge in [0.05, 0.1) is 5.69 Å². The molecular weight excluding hydrogens is 179 g/mol. The van der Waals surface area contributed by atoms with Crippen molar-refractivity contribution in [2.75, 3.05) is 12.1 Å². The summed E-state index contributed by atoms with van der Waals surface area (Å²) in [5, 5.41) is 5.65. The SMILES string of the molecule is C=C/C=N/N(C)c1cccc(F)c1C. The maximum Gasteiger partial charge on any atom is 0.128 e. The summed E-state index contributed by atoms with van der Waals surface area (Å²) in [6.45, 7) is 5.24. The number of hydrogen-bond acceptors (Lipinski definition) is 2. The second-order valence-electron chi connectivity index (χ2n) is 2.91. The molecule has 0 N–H and O–H groups in total. The minimum Gasteiger partial charge on any atom is -0.268 e. The quantitative estimate of drug-likeness (QED) is 0.531. The van der Waals surface area contributed by atoms with Gasteiger partial charge in [0, 0.05) is 18.8 Å². The first-order valence-corrected chi connectivity index (χ1v) is 4.30. The lowest BCUT2D eigenvalue weighted by Gasteiger charge is -2.15. The van der Waals surface area contributed by atoms with E-state index in [1.165, 1.54) is 6.07 Å². The minimum absolute atomic E-state index is 0.219. The highest BCUT2D eigenvalue weighted by atomic mass is 19.1. The third-order valence-corrected chi connectivity index (χ3v) is 1.93. The lowest BCUT2D eigenvalue weighted by Crippen LogP contribution is -2.10. The van der Waals surface area contributed by atoms with Crippen LogP contribution in [0, 0.1) is 12.7 Å². The molecule has 0 radical (unpaired) electrons. The van der Waals surface area contributed by atoms with Crippen LogP contribution >= 0.6 is 0 Å². The molecule has 0 amide bonds. The smallest absolute Gasteiger partial charge is 0.128 e. The lowest BCUT2D eigenvalue weighted by molar-refractivity contribution is 0.618. The Labute approximate surface area is 83.4 Å². The van der Waals surface area contributed by atoms with E-state index in [0.717, 1.165) is 5.69 Å². The molecule has 14 heavy (non-hydrogen) atoms. The van der Waals surface area contributed by atoms with Gasteiger partial charge in [0.2, 0.25) is 0 Å². The van der Waals surface area contributed by atoms with Crippen LogP contribution in [-0.2, 0) is 0 Å². The monoisotopic (exact) mass is 192 g/mol. The molecule has 0 aliphatic carbocycles. The molecule has 2 nitrogen and oxygen atoms in total. The van der Waals surface area contributed by atoms with Crippen molar-refractivity contribution in [3.8, 4) is 0 Å². The summed E-state index contributed by atoms with van der Waals surface area (Å²) in [6.07, 6.45) is 3.13. The summed E-state index contributed by atoms with van der Waals surface area (Å²) < 4.78 is 13.2. The number of rotatable bonds is 3. The molecule has 0 saturated carbocycles. The molecule has 3 heteroatoms. The summed E-state index contributed by atoms with van der Waals surface area (Å²) in [6, 6.07) is 4.92. The Kier molecular flexibility index (Phi) is 3.40. The maximum absolute atomic E-state index is 13.2. The number of anilines is 1. The van der Waals surface area contributed by atoms with Crippen LogP contribution in [0.2, 0.25) is 0 Å². The van der Waals surface area contributed by atoms with Gasteiger partial charge < -0.3 is 0 Å². The molecule has 0 bridgehead atoms. The predicted octanol–water partition coefficient (Wildman–Crippen LogP) is 2.74. The van der Waals surface area contributed by atoms with E-state index in [9.17, 15) is 4.39 Å². The molecule has 0 unspecified atom stereocenters. The van der Waals surface area contributed by atoms with Gasteiger partial charge in [0.15, 0.2) is 0 Å². The van der Waals surface area contributed by atoms with Crippen LogP contribution in [0.4, 0.5) is 10.1 Å². The first kappa shape index (κ1) is 10.4. The Morgan fingerprint density at radius 3 is 2.86 bits per heavy atom. The van der Waals surface area contributed by atoms with E-state index in [0.29, 0.717) is 5.56 Å². The van der Waals surface area contributed by atoms with Gasteiger partial charge in [0.25, 0.3) is 0 Å². The van der Waals surface area contributed by atoms with E-state index in [4.69, 9.17) is 0 Å². The zero-order valence-electron chi connectivity index (χ0n) is 8.37. The van der Waals surface area contributed by atoms with Gasteiger partial charge in [-0.3, -0.25) is 5.01 Å². The van der Waals surface area contributed by atoms with Gasteiger partial charge in [0.1, 0.15) is 5.82 Å². The van der Waals surface area contributed by atoms with Crippen molar-refractivity contribution in [2.24, 2.45) is 5.10 Å². The number of allylic oxidation sites excluding steroid dienone is 1. The second-order valence-corrected chi connectivity index (χ2v) is 2.91. The molecule has 0 aliphatic rings. The van der Waals surface area contributed by atoms with Gasteiger partial charge in [-0.2, -0.15) is 5.10 Å². The van der Waals surface area contributed by atoms with E-state index in [-0.39, 0.29) is 5.82 Å². The van der Waals surface area contributed by atoms with Crippen molar-refractivity contribution in [3.63, 3.8) is 0 Å². The Hall–Kier alpha value is -1.64. The zero-order valence-corrected chi connectivity index (χ0v) is 8.37. The molecule has 0 aliphatic heterocycles. The van der Waals surface area contributed by atoms with Gasteiger partial charge in [-0.15, -0.1) is 0 Å². The average Bonchev–Trinajstić information content (AvgIpc) is 2.18. The molecule has 1 aromatic rings. The molecule has 0 aromatic heterocycles. The van der Waals surface area contributed by atoms with Crippen LogP contribution in [0.5, 0.6) is 0 Å². The highest BCUT2D eigenvalue weighted by molar-refractivity contribution is 5.71. The van der Waals surface area contributed by atoms with Crippen LogP contribution < -0.4 is 5.01 Å². The zero-order chi connectivity index (χ0) is 10.6. The van der Waals surface area contributed by atoms with E-state index < -0.39 is 0 Å². The van der Waals surface area contributed by atoms with Crippen molar-refractivity contribution in [1.82, 2.24) is 0 Å². The van der Waals surface area contributed by atoms with Gasteiger partial charge in [-0.25, -0.2) is 4.39 Å². The van der Waals surface area contributed by atoms with Crippen LogP contribution in [-0.4, -0.2) is 13.3 Å². The third kappa shape index (κ3) is 2.19. The van der Waals surface area contributed by atoms with Crippen LogP contribution in [0.15, 0.2) is 36.0 Å². The molecule has 0 saturated heterocycles. The van der Waals surface area contributed by atoms with Crippen LogP contribution in [0.25, 0.3) is 0 Å². The number of nitrogens with zero attached hydrogens (tertiary/aromatic N) is 2. The van der Waals surface area contributed by atoms with E-state index >= 15 is 0 Å². The van der Waals surface area contributed by atoms with Crippen molar-refractivity contribution < 1.29 is 4.39 Å². The first-order chi connectivity index (χ1) is 6.66. The summed E-state index contributed by atoms with van der Waals surface area (Å²) in [7, 11) is 1.77. The molecule has 0 atom stereocenters. The van der Waals surface area contributed by atoms with Gasteiger partial charge >= 0.3 is 0 Å². The predicted molar refractivity (Wildman–Crippen MR) is 58.2 cm³/mol. The van der Waals surface area contributed by atoms with Crippen LogP contribution in [0.1, 0.15) is 5.56 Å². The van der Waals surface area contributed by atoms with Crippen LogP contribution in [0.3, 0.4) is 0 Å². The summed E-state index contributed by atoms with van der Waals surface area (Å²) in [4.78, 5) is 0. The molecule has 1 rings (SSSR count). The highest BCUT2D eigenvalue weighted by Gasteiger charge is 2.05. The number of hydrazone groups is 1. The summed E-state index contributed by atoms with van der Waals surface area (Å²) >= 11 is 0. The molecular formula is C11H13FN2. The van der Waals surface area contributed by atoms with Gasteiger partial charge in [-0.1, -0.05) is 12.6 Å². The normalized spacial score (nSPS) is 10.5. The lowest BCUT2D eigenvalue weighted by atomic mass is 10.2. The Bertz CT molecular complexity index is 358. The van der Waals surface area contributed by atoms with E-state index in [1.807, 2.05) is 6.07 Å². The largest absolute Gasteiger partial charge is 0.268 e. The molecule has 0 heterocycles. The molecule has 0 spiro atoms.